The van der Waals surface area contributed by atoms with Crippen molar-refractivity contribution in [1.82, 2.24) is 20.4 Å². The van der Waals surface area contributed by atoms with Gasteiger partial charge in [0.05, 0.1) is 0 Å². The fraction of sp³-hybridized carbons (Fsp3) is 0.727. The second-order valence-electron chi connectivity index (χ2n) is 4.93. The smallest absolute Gasteiger partial charge is 0.321 e. The predicted octanol–water partition coefficient (Wildman–Crippen LogP) is 1.64. The maximum Gasteiger partial charge on any atom is 0.321 e. The standard InChI is InChI=1S/C11H21N5OS/c1-8(2)5-9(6-16(3)4)13-10(17)14-11-15-12-7-18-11/h7-9H,5-6H2,1-4H3,(H2,13,14,15,17). The van der Waals surface area contributed by atoms with Crippen LogP contribution in [0.25, 0.3) is 0 Å². The fourth-order valence-corrected chi connectivity index (χ4v) is 2.18. The van der Waals surface area contributed by atoms with E-state index in [1.165, 1.54) is 11.3 Å². The topological polar surface area (TPSA) is 70.2 Å². The normalized spacial score (nSPS) is 12.8. The molecule has 1 unspecified atom stereocenters. The third-order valence-corrected chi connectivity index (χ3v) is 2.86. The minimum atomic E-state index is -0.223. The van der Waals surface area contributed by atoms with Gasteiger partial charge in [0.15, 0.2) is 0 Å². The number of rotatable bonds is 6. The van der Waals surface area contributed by atoms with E-state index in [0.29, 0.717) is 11.0 Å². The van der Waals surface area contributed by atoms with Gasteiger partial charge in [0, 0.05) is 12.6 Å². The van der Waals surface area contributed by atoms with Gasteiger partial charge in [-0.3, -0.25) is 5.32 Å². The summed E-state index contributed by atoms with van der Waals surface area (Å²) < 4.78 is 0. The molecule has 0 aromatic carbocycles. The Morgan fingerprint density at radius 1 is 1.50 bits per heavy atom. The van der Waals surface area contributed by atoms with E-state index in [1.54, 1.807) is 5.51 Å². The zero-order valence-electron chi connectivity index (χ0n) is 11.3. The van der Waals surface area contributed by atoms with E-state index in [1.807, 2.05) is 14.1 Å². The second kappa shape index (κ2) is 7.27. The summed E-state index contributed by atoms with van der Waals surface area (Å²) in [5.74, 6) is 0.539. The summed E-state index contributed by atoms with van der Waals surface area (Å²) in [6.45, 7) is 5.11. The molecule has 1 rings (SSSR count). The molecule has 18 heavy (non-hydrogen) atoms. The molecule has 102 valence electrons. The van der Waals surface area contributed by atoms with Crippen LogP contribution in [0, 0.1) is 5.92 Å². The van der Waals surface area contributed by atoms with Gasteiger partial charge >= 0.3 is 6.03 Å². The second-order valence-corrected chi connectivity index (χ2v) is 5.76. The number of hydrogen-bond donors (Lipinski definition) is 2. The molecule has 6 nitrogen and oxygen atoms in total. The van der Waals surface area contributed by atoms with Crippen LogP contribution in [0.5, 0.6) is 0 Å². The molecule has 0 bridgehead atoms. The van der Waals surface area contributed by atoms with Crippen molar-refractivity contribution in [3.8, 4) is 0 Å². The van der Waals surface area contributed by atoms with E-state index in [2.05, 4.69) is 39.6 Å². The molecule has 7 heteroatoms. The lowest BCUT2D eigenvalue weighted by Crippen LogP contribution is -2.44. The Balaban J connectivity index is 2.45. The van der Waals surface area contributed by atoms with Gasteiger partial charge in [-0.05, 0) is 26.4 Å². The molecule has 0 saturated heterocycles. The van der Waals surface area contributed by atoms with E-state index in [4.69, 9.17) is 0 Å². The van der Waals surface area contributed by atoms with Gasteiger partial charge < -0.3 is 10.2 Å². The first-order valence-electron chi connectivity index (χ1n) is 5.95. The Labute approximate surface area is 112 Å². The van der Waals surface area contributed by atoms with Crippen molar-refractivity contribution in [1.29, 1.82) is 0 Å². The molecule has 2 amide bonds. The molecule has 0 saturated carbocycles. The highest BCUT2D eigenvalue weighted by atomic mass is 32.1. The van der Waals surface area contributed by atoms with E-state index in [9.17, 15) is 4.79 Å². The predicted molar refractivity (Wildman–Crippen MR) is 73.9 cm³/mol. The molecule has 1 heterocycles. The summed E-state index contributed by atoms with van der Waals surface area (Å²) >= 11 is 1.30. The van der Waals surface area contributed by atoms with Gasteiger partial charge in [-0.1, -0.05) is 25.2 Å². The Morgan fingerprint density at radius 2 is 2.22 bits per heavy atom. The monoisotopic (exact) mass is 271 g/mol. The van der Waals surface area contributed by atoms with Crippen LogP contribution in [0.2, 0.25) is 0 Å². The number of nitrogens with zero attached hydrogens (tertiary/aromatic N) is 3. The number of carbonyl (C=O) groups is 1. The average molecular weight is 271 g/mol. The molecular formula is C11H21N5OS. The number of anilines is 1. The first-order chi connectivity index (χ1) is 8.47. The minimum absolute atomic E-state index is 0.132. The molecule has 0 radical (unpaired) electrons. The summed E-state index contributed by atoms with van der Waals surface area (Å²) in [5, 5.41) is 13.6. The van der Waals surface area contributed by atoms with Gasteiger partial charge in [-0.2, -0.15) is 0 Å². The lowest BCUT2D eigenvalue weighted by molar-refractivity contribution is 0.240. The van der Waals surface area contributed by atoms with E-state index in [-0.39, 0.29) is 12.1 Å². The average Bonchev–Trinajstić information content (AvgIpc) is 2.67. The quantitative estimate of drug-likeness (QED) is 0.825. The fourth-order valence-electron chi connectivity index (χ4n) is 1.74. The van der Waals surface area contributed by atoms with Gasteiger partial charge in [-0.15, -0.1) is 10.2 Å². The van der Waals surface area contributed by atoms with Crippen LogP contribution in [0.3, 0.4) is 0 Å². The van der Waals surface area contributed by atoms with Crippen molar-refractivity contribution in [3.05, 3.63) is 5.51 Å². The molecule has 0 aliphatic rings. The number of urea groups is 1. The number of carbonyl (C=O) groups excluding carboxylic acids is 1. The van der Waals surface area contributed by atoms with Gasteiger partial charge in [0.2, 0.25) is 5.13 Å². The minimum Gasteiger partial charge on any atom is -0.334 e. The zero-order valence-corrected chi connectivity index (χ0v) is 12.1. The molecular weight excluding hydrogens is 250 g/mol. The van der Waals surface area contributed by atoms with Crippen molar-refractivity contribution < 1.29 is 4.79 Å². The molecule has 1 aromatic heterocycles. The maximum absolute atomic E-state index is 11.8. The highest BCUT2D eigenvalue weighted by Gasteiger charge is 2.15. The Kier molecular flexibility index (Phi) is 6.00. The Bertz CT molecular complexity index is 342. The highest BCUT2D eigenvalue weighted by molar-refractivity contribution is 7.13. The van der Waals surface area contributed by atoms with Crippen molar-refractivity contribution in [2.24, 2.45) is 5.92 Å². The van der Waals surface area contributed by atoms with Gasteiger partial charge in [-0.25, -0.2) is 4.79 Å². The van der Waals surface area contributed by atoms with E-state index in [0.717, 1.165) is 13.0 Å². The van der Waals surface area contributed by atoms with Gasteiger partial charge in [0.25, 0.3) is 0 Å². The summed E-state index contributed by atoms with van der Waals surface area (Å²) in [4.78, 5) is 13.8. The largest absolute Gasteiger partial charge is 0.334 e. The number of likely N-dealkylation sites (N-methyl/N-ethyl adjacent to an activating group) is 1. The third-order valence-electron chi connectivity index (χ3n) is 2.26. The summed E-state index contributed by atoms with van der Waals surface area (Å²) in [7, 11) is 4.00. The molecule has 0 aliphatic heterocycles. The van der Waals surface area contributed by atoms with Crippen LogP contribution in [0.4, 0.5) is 9.93 Å². The highest BCUT2D eigenvalue weighted by Crippen LogP contribution is 2.09. The number of amides is 2. The van der Waals surface area contributed by atoms with Crippen LogP contribution < -0.4 is 10.6 Å². The van der Waals surface area contributed by atoms with Gasteiger partial charge in [0.1, 0.15) is 5.51 Å². The van der Waals surface area contributed by atoms with Crippen molar-refractivity contribution in [3.63, 3.8) is 0 Å². The van der Waals surface area contributed by atoms with Crippen molar-refractivity contribution >= 4 is 22.5 Å². The summed E-state index contributed by atoms with van der Waals surface area (Å²) in [6.07, 6.45) is 0.946. The van der Waals surface area contributed by atoms with Crippen LogP contribution >= 0.6 is 11.3 Å². The van der Waals surface area contributed by atoms with Crippen LogP contribution in [-0.4, -0.2) is 47.8 Å². The van der Waals surface area contributed by atoms with Crippen LogP contribution in [-0.2, 0) is 0 Å². The van der Waals surface area contributed by atoms with E-state index < -0.39 is 0 Å². The number of nitrogens with one attached hydrogen (secondary N) is 2. The maximum atomic E-state index is 11.8. The molecule has 0 aliphatic carbocycles. The molecule has 2 N–H and O–H groups in total. The number of aromatic nitrogens is 2. The van der Waals surface area contributed by atoms with Crippen LogP contribution in [0.15, 0.2) is 5.51 Å². The van der Waals surface area contributed by atoms with Crippen molar-refractivity contribution in [2.75, 3.05) is 26.0 Å². The summed E-state index contributed by atoms with van der Waals surface area (Å²) in [6, 6.07) is -0.0906. The molecule has 1 aromatic rings. The SMILES string of the molecule is CC(C)CC(CN(C)C)NC(=O)Nc1nncs1. The first kappa shape index (κ1) is 14.8. The Hall–Kier alpha value is -1.21. The summed E-state index contributed by atoms with van der Waals surface area (Å²) in [5.41, 5.74) is 1.58. The van der Waals surface area contributed by atoms with Crippen molar-refractivity contribution in [2.45, 2.75) is 26.3 Å². The zero-order chi connectivity index (χ0) is 13.5. The lowest BCUT2D eigenvalue weighted by Gasteiger charge is -2.23. The molecule has 0 spiro atoms. The number of hydrogen-bond acceptors (Lipinski definition) is 5. The van der Waals surface area contributed by atoms with E-state index >= 15 is 0 Å². The molecule has 1 atom stereocenters. The first-order valence-corrected chi connectivity index (χ1v) is 6.83. The van der Waals surface area contributed by atoms with Crippen LogP contribution in [0.1, 0.15) is 20.3 Å². The third kappa shape index (κ3) is 5.92. The lowest BCUT2D eigenvalue weighted by atomic mass is 10.0. The Morgan fingerprint density at radius 3 is 2.72 bits per heavy atom. The molecule has 0 fully saturated rings.